The number of ether oxygens (including phenoxy) is 1. The summed E-state index contributed by atoms with van der Waals surface area (Å²) in [6.07, 6.45) is 2.02. The van der Waals surface area contributed by atoms with Gasteiger partial charge in [0.1, 0.15) is 0 Å². The number of nitrogens with two attached hydrogens (primary N) is 1. The van der Waals surface area contributed by atoms with Gasteiger partial charge in [0.2, 0.25) is 0 Å². The maximum absolute atomic E-state index is 10.1. The highest BCUT2D eigenvalue weighted by molar-refractivity contribution is 5.81. The van der Waals surface area contributed by atoms with Crippen LogP contribution in [0.25, 0.3) is 22.2 Å². The van der Waals surface area contributed by atoms with Gasteiger partial charge in [0, 0.05) is 17.0 Å². The molecule has 0 amide bonds. The third-order valence-electron chi connectivity index (χ3n) is 5.16. The van der Waals surface area contributed by atoms with Crippen LogP contribution in [0.1, 0.15) is 24.8 Å². The zero-order valence-corrected chi connectivity index (χ0v) is 14.7. The second-order valence-corrected chi connectivity index (χ2v) is 7.02. The first-order valence-corrected chi connectivity index (χ1v) is 9.21. The maximum Gasteiger partial charge on any atom is 0.0952 e. The van der Waals surface area contributed by atoms with E-state index in [9.17, 15) is 5.11 Å². The second kappa shape index (κ2) is 7.54. The average molecular weight is 348 g/mol. The van der Waals surface area contributed by atoms with E-state index in [0.717, 1.165) is 47.0 Å². The quantitative estimate of drug-likeness (QED) is 0.755. The van der Waals surface area contributed by atoms with Gasteiger partial charge in [-0.3, -0.25) is 0 Å². The monoisotopic (exact) mass is 348 g/mol. The Morgan fingerprint density at radius 3 is 2.65 bits per heavy atom. The van der Waals surface area contributed by atoms with Gasteiger partial charge >= 0.3 is 0 Å². The fourth-order valence-electron chi connectivity index (χ4n) is 3.56. The van der Waals surface area contributed by atoms with Crippen LogP contribution in [0.15, 0.2) is 60.7 Å². The summed E-state index contributed by atoms with van der Waals surface area (Å²) >= 11 is 0. The summed E-state index contributed by atoms with van der Waals surface area (Å²) in [6, 6.07) is 20.4. The molecule has 0 saturated heterocycles. The zero-order chi connectivity index (χ0) is 17.9. The lowest BCUT2D eigenvalue weighted by Crippen LogP contribution is -2.47. The highest BCUT2D eigenvalue weighted by atomic mass is 16.5. The molecule has 4 rings (SSSR count). The topological polar surface area (TPSA) is 68.4 Å². The largest absolute Gasteiger partial charge is 0.389 e. The van der Waals surface area contributed by atoms with Crippen LogP contribution < -0.4 is 5.73 Å². The summed E-state index contributed by atoms with van der Waals surface area (Å²) in [5, 5.41) is 11.3. The van der Waals surface area contributed by atoms with Crippen LogP contribution in [0.3, 0.4) is 0 Å². The molecule has 3 aromatic rings. The van der Waals surface area contributed by atoms with Gasteiger partial charge in [-0.1, -0.05) is 48.5 Å². The third-order valence-corrected chi connectivity index (χ3v) is 5.16. The number of rotatable bonds is 4. The van der Waals surface area contributed by atoms with Crippen LogP contribution >= 0.6 is 0 Å². The molecule has 1 heterocycles. The normalized spacial score (nSPS) is 23.2. The molecule has 1 fully saturated rings. The van der Waals surface area contributed by atoms with Gasteiger partial charge in [-0.2, -0.15) is 0 Å². The Balaban J connectivity index is 1.44. The van der Waals surface area contributed by atoms with Gasteiger partial charge in [0.15, 0.2) is 0 Å². The average Bonchev–Trinajstić information content (AvgIpc) is 2.69. The van der Waals surface area contributed by atoms with Crippen LogP contribution in [0, 0.1) is 0 Å². The van der Waals surface area contributed by atoms with Crippen LogP contribution in [0.2, 0.25) is 0 Å². The Kier molecular flexibility index (Phi) is 4.98. The number of aromatic nitrogens is 1. The molecule has 26 heavy (non-hydrogen) atoms. The molecule has 1 aliphatic carbocycles. The second-order valence-electron chi connectivity index (χ2n) is 7.02. The van der Waals surface area contributed by atoms with E-state index in [1.54, 1.807) is 0 Å². The molecule has 0 spiro atoms. The summed E-state index contributed by atoms with van der Waals surface area (Å²) in [7, 11) is 0. The minimum absolute atomic E-state index is 0.166. The predicted molar refractivity (Wildman–Crippen MR) is 104 cm³/mol. The number of benzene rings is 2. The van der Waals surface area contributed by atoms with Gasteiger partial charge in [0.25, 0.3) is 0 Å². The molecule has 3 atom stereocenters. The van der Waals surface area contributed by atoms with E-state index in [4.69, 9.17) is 15.5 Å². The van der Waals surface area contributed by atoms with Crippen molar-refractivity contribution in [3.05, 3.63) is 66.2 Å². The molecule has 1 aliphatic rings. The third kappa shape index (κ3) is 3.63. The molecule has 3 N–H and O–H groups in total. The van der Waals surface area contributed by atoms with E-state index in [1.165, 1.54) is 0 Å². The molecule has 0 bridgehead atoms. The first kappa shape index (κ1) is 17.2. The Hall–Kier alpha value is -2.27. The van der Waals surface area contributed by atoms with E-state index in [1.807, 2.05) is 24.3 Å². The number of para-hydroxylation sites is 1. The van der Waals surface area contributed by atoms with Crippen molar-refractivity contribution >= 4 is 10.9 Å². The van der Waals surface area contributed by atoms with Crippen LogP contribution in [-0.2, 0) is 11.3 Å². The van der Waals surface area contributed by atoms with Gasteiger partial charge in [-0.25, -0.2) is 4.98 Å². The predicted octanol–water partition coefficient (Wildman–Crippen LogP) is 3.66. The van der Waals surface area contributed by atoms with E-state index in [-0.39, 0.29) is 12.1 Å². The van der Waals surface area contributed by atoms with Crippen molar-refractivity contribution in [1.82, 2.24) is 4.98 Å². The number of aliphatic hydroxyl groups is 1. The van der Waals surface area contributed by atoms with Crippen molar-refractivity contribution < 1.29 is 9.84 Å². The molecule has 1 aromatic heterocycles. The van der Waals surface area contributed by atoms with Crippen molar-refractivity contribution in [2.24, 2.45) is 5.73 Å². The lowest BCUT2D eigenvalue weighted by Gasteiger charge is -2.32. The first-order valence-electron chi connectivity index (χ1n) is 9.21. The Morgan fingerprint density at radius 1 is 1.00 bits per heavy atom. The maximum atomic E-state index is 10.1. The SMILES string of the molecule is NC1CCCC(OCc2ccc(-c3ccc4ccccc4n3)cc2)C1O. The first-order chi connectivity index (χ1) is 12.7. The van der Waals surface area contributed by atoms with E-state index in [0.29, 0.717) is 6.61 Å². The van der Waals surface area contributed by atoms with Crippen LogP contribution in [-0.4, -0.2) is 28.3 Å². The van der Waals surface area contributed by atoms with E-state index < -0.39 is 6.10 Å². The fraction of sp³-hybridized carbons (Fsp3) is 0.318. The fourth-order valence-corrected chi connectivity index (χ4v) is 3.56. The molecule has 134 valence electrons. The number of fused-ring (bicyclic) bond motifs is 1. The zero-order valence-electron chi connectivity index (χ0n) is 14.7. The summed E-state index contributed by atoms with van der Waals surface area (Å²) in [6.45, 7) is 0.486. The smallest absolute Gasteiger partial charge is 0.0952 e. The standard InChI is InChI=1S/C22H24N2O2/c23-18-5-3-7-21(22(18)25)26-14-15-8-10-17(11-9-15)20-13-12-16-4-1-2-6-19(16)24-20/h1-2,4,6,8-13,18,21-22,25H,3,5,7,14,23H2. The highest BCUT2D eigenvalue weighted by Gasteiger charge is 2.29. The summed E-state index contributed by atoms with van der Waals surface area (Å²) < 4.78 is 5.91. The summed E-state index contributed by atoms with van der Waals surface area (Å²) in [5.41, 5.74) is 10.1. The number of hydrogen-bond acceptors (Lipinski definition) is 4. The molecular formula is C22H24N2O2. The molecule has 0 radical (unpaired) electrons. The molecule has 4 nitrogen and oxygen atoms in total. The van der Waals surface area contributed by atoms with Crippen molar-refractivity contribution in [1.29, 1.82) is 0 Å². The summed E-state index contributed by atoms with van der Waals surface area (Å²) in [5.74, 6) is 0. The van der Waals surface area contributed by atoms with Crippen molar-refractivity contribution in [3.63, 3.8) is 0 Å². The molecule has 1 saturated carbocycles. The van der Waals surface area contributed by atoms with Crippen LogP contribution in [0.5, 0.6) is 0 Å². The Labute approximate surface area is 153 Å². The number of nitrogens with zero attached hydrogens (tertiary/aromatic N) is 1. The molecular weight excluding hydrogens is 324 g/mol. The van der Waals surface area contributed by atoms with Gasteiger partial charge < -0.3 is 15.6 Å². The minimum atomic E-state index is -0.565. The van der Waals surface area contributed by atoms with Crippen molar-refractivity contribution in [2.45, 2.75) is 44.1 Å². The van der Waals surface area contributed by atoms with Gasteiger partial charge in [-0.05, 0) is 37.0 Å². The van der Waals surface area contributed by atoms with Crippen molar-refractivity contribution in [2.75, 3.05) is 0 Å². The lowest BCUT2D eigenvalue weighted by atomic mass is 9.90. The van der Waals surface area contributed by atoms with Crippen molar-refractivity contribution in [3.8, 4) is 11.3 Å². The lowest BCUT2D eigenvalue weighted by molar-refractivity contribution is -0.0740. The highest BCUT2D eigenvalue weighted by Crippen LogP contribution is 2.24. The molecule has 0 aliphatic heterocycles. The summed E-state index contributed by atoms with van der Waals surface area (Å²) in [4.78, 5) is 4.73. The van der Waals surface area contributed by atoms with Gasteiger partial charge in [0.05, 0.1) is 30.0 Å². The van der Waals surface area contributed by atoms with Gasteiger partial charge in [-0.15, -0.1) is 0 Å². The Morgan fingerprint density at radius 2 is 1.81 bits per heavy atom. The number of pyridine rings is 1. The van der Waals surface area contributed by atoms with E-state index in [2.05, 4.69) is 36.4 Å². The number of aliphatic hydroxyl groups excluding tert-OH is 1. The minimum Gasteiger partial charge on any atom is -0.389 e. The molecule has 2 aromatic carbocycles. The number of hydrogen-bond donors (Lipinski definition) is 2. The molecule has 3 unspecified atom stereocenters. The van der Waals surface area contributed by atoms with Crippen LogP contribution in [0.4, 0.5) is 0 Å². The molecule has 4 heteroatoms. The Bertz CT molecular complexity index is 879. The van der Waals surface area contributed by atoms with E-state index >= 15 is 0 Å².